The second-order valence-electron chi connectivity index (χ2n) is 7.76. The van der Waals surface area contributed by atoms with Crippen molar-refractivity contribution in [1.82, 2.24) is 20.0 Å². The maximum absolute atomic E-state index is 12.7. The first kappa shape index (κ1) is 17.3. The van der Waals surface area contributed by atoms with Crippen molar-refractivity contribution in [3.05, 3.63) is 59.8 Å². The number of piperazine rings is 1. The number of aromatic amines is 1. The number of para-hydroxylation sites is 1. The smallest absolute Gasteiger partial charge is 0.321 e. The molecule has 1 fully saturated rings. The number of nitrogens with zero attached hydrogens (tertiary/aromatic N) is 3. The highest BCUT2D eigenvalue weighted by molar-refractivity contribution is 5.99. The number of rotatable bonds is 2. The van der Waals surface area contributed by atoms with Gasteiger partial charge in [-0.15, -0.1) is 0 Å². The number of anilines is 1. The number of urea groups is 1. The summed E-state index contributed by atoms with van der Waals surface area (Å²) in [4.78, 5) is 17.2. The number of hydrogen-bond acceptors (Lipinski definition) is 3. The summed E-state index contributed by atoms with van der Waals surface area (Å²) >= 11 is 0. The Bertz CT molecular complexity index is 989. The number of hydrogen-bond donors (Lipinski definition) is 2. The van der Waals surface area contributed by atoms with Crippen molar-refractivity contribution in [2.75, 3.05) is 31.5 Å². The number of aromatic nitrogens is 2. The minimum atomic E-state index is -0.0317. The van der Waals surface area contributed by atoms with Gasteiger partial charge in [0, 0.05) is 37.6 Å². The second kappa shape index (κ2) is 7.28. The van der Waals surface area contributed by atoms with Crippen molar-refractivity contribution < 1.29 is 4.79 Å². The number of H-pyrrole nitrogens is 1. The molecule has 2 amide bonds. The molecule has 1 aliphatic carbocycles. The SMILES string of the molecule is O=C(Nc1cccc2cn[nH]c12)N1CCN([C@@H]2CCc3ccccc3C2)CC1. The number of aryl methyl sites for hydroxylation is 1. The predicted molar refractivity (Wildman–Crippen MR) is 111 cm³/mol. The highest BCUT2D eigenvalue weighted by Crippen LogP contribution is 2.25. The zero-order valence-corrected chi connectivity index (χ0v) is 15.9. The number of fused-ring (bicyclic) bond motifs is 2. The van der Waals surface area contributed by atoms with Crippen LogP contribution in [0.25, 0.3) is 10.9 Å². The molecule has 2 aliphatic rings. The van der Waals surface area contributed by atoms with E-state index in [0.717, 1.165) is 55.6 Å². The molecule has 28 heavy (non-hydrogen) atoms. The molecular weight excluding hydrogens is 350 g/mol. The maximum atomic E-state index is 12.7. The van der Waals surface area contributed by atoms with Crippen LogP contribution in [-0.4, -0.2) is 58.2 Å². The van der Waals surface area contributed by atoms with Crippen LogP contribution in [-0.2, 0) is 12.8 Å². The standard InChI is InChI=1S/C22H25N5O/c28-22(24-20-7-3-6-18-15-23-25-21(18)20)27-12-10-26(11-13-27)19-9-8-16-4-1-2-5-17(16)14-19/h1-7,15,19H,8-14H2,(H,23,25)(H,24,28)/t19-/m1/s1. The average Bonchev–Trinajstić information content (AvgIpc) is 3.23. The van der Waals surface area contributed by atoms with Gasteiger partial charge in [0.25, 0.3) is 0 Å². The fourth-order valence-electron chi connectivity index (χ4n) is 4.55. The molecule has 2 N–H and O–H groups in total. The van der Waals surface area contributed by atoms with Crippen molar-refractivity contribution in [2.45, 2.75) is 25.3 Å². The van der Waals surface area contributed by atoms with E-state index >= 15 is 0 Å². The van der Waals surface area contributed by atoms with Gasteiger partial charge in [0.15, 0.2) is 0 Å². The number of benzene rings is 2. The molecule has 0 spiro atoms. The summed E-state index contributed by atoms with van der Waals surface area (Å²) in [6.45, 7) is 3.41. The highest BCUT2D eigenvalue weighted by Gasteiger charge is 2.28. The van der Waals surface area contributed by atoms with Gasteiger partial charge in [-0.1, -0.05) is 36.4 Å². The van der Waals surface area contributed by atoms with Crippen molar-refractivity contribution in [1.29, 1.82) is 0 Å². The molecule has 1 aliphatic heterocycles. The molecule has 1 atom stereocenters. The first-order chi connectivity index (χ1) is 13.8. The molecule has 5 rings (SSSR count). The highest BCUT2D eigenvalue weighted by atomic mass is 16.2. The summed E-state index contributed by atoms with van der Waals surface area (Å²) < 4.78 is 0. The summed E-state index contributed by atoms with van der Waals surface area (Å²) in [7, 11) is 0. The molecule has 144 valence electrons. The lowest BCUT2D eigenvalue weighted by Crippen LogP contribution is -2.53. The molecule has 6 heteroatoms. The lowest BCUT2D eigenvalue weighted by Gasteiger charge is -2.41. The van der Waals surface area contributed by atoms with Crippen molar-refractivity contribution >= 4 is 22.6 Å². The van der Waals surface area contributed by atoms with Gasteiger partial charge >= 0.3 is 6.03 Å². The van der Waals surface area contributed by atoms with Gasteiger partial charge in [0.1, 0.15) is 0 Å². The van der Waals surface area contributed by atoms with Gasteiger partial charge < -0.3 is 10.2 Å². The Morgan fingerprint density at radius 2 is 1.86 bits per heavy atom. The number of carbonyl (C=O) groups is 1. The van der Waals surface area contributed by atoms with E-state index in [9.17, 15) is 4.79 Å². The Labute approximate surface area is 164 Å². The van der Waals surface area contributed by atoms with Gasteiger partial charge in [0.05, 0.1) is 17.4 Å². The third kappa shape index (κ3) is 3.24. The van der Waals surface area contributed by atoms with Crippen LogP contribution in [0.3, 0.4) is 0 Å². The van der Waals surface area contributed by atoms with Gasteiger partial charge in [0.2, 0.25) is 0 Å². The van der Waals surface area contributed by atoms with Crippen LogP contribution in [0.4, 0.5) is 10.5 Å². The van der Waals surface area contributed by atoms with E-state index in [2.05, 4.69) is 44.7 Å². The number of amides is 2. The minimum Gasteiger partial charge on any atom is -0.322 e. The van der Waals surface area contributed by atoms with Gasteiger partial charge in [-0.05, 0) is 36.5 Å². The summed E-state index contributed by atoms with van der Waals surface area (Å²) in [5, 5.41) is 11.1. The van der Waals surface area contributed by atoms with Gasteiger partial charge in [-0.2, -0.15) is 5.10 Å². The monoisotopic (exact) mass is 375 g/mol. The molecule has 6 nitrogen and oxygen atoms in total. The molecule has 1 saturated heterocycles. The van der Waals surface area contributed by atoms with Crippen LogP contribution in [0, 0.1) is 0 Å². The Balaban J connectivity index is 1.19. The third-order valence-corrected chi connectivity index (χ3v) is 6.16. The fourth-order valence-corrected chi connectivity index (χ4v) is 4.55. The van der Waals surface area contributed by atoms with E-state index < -0.39 is 0 Å². The molecule has 0 unspecified atom stereocenters. The Kier molecular flexibility index (Phi) is 4.49. The van der Waals surface area contributed by atoms with Crippen LogP contribution in [0.2, 0.25) is 0 Å². The molecule has 3 aromatic rings. The number of nitrogens with one attached hydrogen (secondary N) is 2. The first-order valence-electron chi connectivity index (χ1n) is 10.1. The van der Waals surface area contributed by atoms with Crippen molar-refractivity contribution in [3.8, 4) is 0 Å². The van der Waals surface area contributed by atoms with E-state index in [1.54, 1.807) is 6.20 Å². The Morgan fingerprint density at radius 1 is 1.04 bits per heavy atom. The Hall–Kier alpha value is -2.86. The topological polar surface area (TPSA) is 64.3 Å². The summed E-state index contributed by atoms with van der Waals surface area (Å²) in [5.74, 6) is 0. The summed E-state index contributed by atoms with van der Waals surface area (Å²) in [6.07, 6.45) is 5.27. The van der Waals surface area contributed by atoms with Crippen LogP contribution in [0.15, 0.2) is 48.7 Å². The molecule has 0 radical (unpaired) electrons. The minimum absolute atomic E-state index is 0.0317. The lowest BCUT2D eigenvalue weighted by molar-refractivity contribution is 0.106. The quantitative estimate of drug-likeness (QED) is 0.723. The first-order valence-corrected chi connectivity index (χ1v) is 10.1. The zero-order valence-electron chi connectivity index (χ0n) is 15.9. The molecule has 1 aromatic heterocycles. The van der Waals surface area contributed by atoms with E-state index in [1.165, 1.54) is 17.5 Å². The van der Waals surface area contributed by atoms with Crippen LogP contribution >= 0.6 is 0 Å². The largest absolute Gasteiger partial charge is 0.322 e. The molecular formula is C22H25N5O. The van der Waals surface area contributed by atoms with Crippen molar-refractivity contribution in [3.63, 3.8) is 0 Å². The van der Waals surface area contributed by atoms with Gasteiger partial charge in [-0.25, -0.2) is 4.79 Å². The fraction of sp³-hybridized carbons (Fsp3) is 0.364. The van der Waals surface area contributed by atoms with Crippen molar-refractivity contribution in [2.24, 2.45) is 0 Å². The van der Waals surface area contributed by atoms with E-state index in [4.69, 9.17) is 0 Å². The summed E-state index contributed by atoms with van der Waals surface area (Å²) in [6, 6.07) is 15.2. The second-order valence-corrected chi connectivity index (χ2v) is 7.76. The zero-order chi connectivity index (χ0) is 18.9. The maximum Gasteiger partial charge on any atom is 0.321 e. The normalized spacial score (nSPS) is 20.1. The lowest BCUT2D eigenvalue weighted by atomic mass is 9.87. The number of carbonyl (C=O) groups excluding carboxylic acids is 1. The van der Waals surface area contributed by atoms with E-state index in [-0.39, 0.29) is 6.03 Å². The Morgan fingerprint density at radius 3 is 2.71 bits per heavy atom. The molecule has 2 aromatic carbocycles. The van der Waals surface area contributed by atoms with E-state index in [1.807, 2.05) is 23.1 Å². The van der Waals surface area contributed by atoms with Crippen LogP contribution in [0.1, 0.15) is 17.5 Å². The molecule has 2 heterocycles. The third-order valence-electron chi connectivity index (χ3n) is 6.16. The van der Waals surface area contributed by atoms with Crippen LogP contribution in [0.5, 0.6) is 0 Å². The average molecular weight is 375 g/mol. The summed E-state index contributed by atoms with van der Waals surface area (Å²) in [5.41, 5.74) is 4.65. The van der Waals surface area contributed by atoms with E-state index in [0.29, 0.717) is 6.04 Å². The molecule has 0 bridgehead atoms. The predicted octanol–water partition coefficient (Wildman–Crippen LogP) is 3.27. The van der Waals surface area contributed by atoms with Crippen LogP contribution < -0.4 is 5.32 Å². The van der Waals surface area contributed by atoms with Gasteiger partial charge in [-0.3, -0.25) is 10.00 Å². The molecule has 0 saturated carbocycles.